The van der Waals surface area contributed by atoms with Crippen LogP contribution in [-0.4, -0.2) is 0 Å². The third-order valence-electron chi connectivity index (χ3n) is 2.66. The lowest BCUT2D eigenvalue weighted by Crippen LogP contribution is -1.98. The zero-order chi connectivity index (χ0) is 13.1. The van der Waals surface area contributed by atoms with E-state index in [1.165, 1.54) is 17.8 Å². The van der Waals surface area contributed by atoms with Crippen molar-refractivity contribution in [3.8, 4) is 0 Å². The van der Waals surface area contributed by atoms with Crippen molar-refractivity contribution in [1.29, 1.82) is 0 Å². The summed E-state index contributed by atoms with van der Waals surface area (Å²) in [5.74, 6) is -1.65. The summed E-state index contributed by atoms with van der Waals surface area (Å²) in [6, 6.07) is 9.78. The first-order valence-electron chi connectivity index (χ1n) is 5.52. The largest absolute Gasteiger partial charge is 0.326 e. The molecular formula is C14H13F2NS. The number of aryl methyl sites for hydroxylation is 1. The van der Waals surface area contributed by atoms with Gasteiger partial charge in [0.25, 0.3) is 0 Å². The lowest BCUT2D eigenvalue weighted by Gasteiger charge is -2.07. The van der Waals surface area contributed by atoms with Crippen molar-refractivity contribution in [2.45, 2.75) is 23.3 Å². The van der Waals surface area contributed by atoms with Crippen LogP contribution in [0.25, 0.3) is 0 Å². The second-order valence-corrected chi connectivity index (χ2v) is 5.12. The third-order valence-corrected chi connectivity index (χ3v) is 3.64. The number of rotatable bonds is 3. The minimum atomic E-state index is -0.825. The molecule has 2 N–H and O–H groups in total. The van der Waals surface area contributed by atoms with Crippen LogP contribution in [0.4, 0.5) is 8.78 Å². The SMILES string of the molecule is Cc1cc(Sc2ccc(F)c(F)c2)ccc1CN. The van der Waals surface area contributed by atoms with Gasteiger partial charge in [0.2, 0.25) is 0 Å². The third kappa shape index (κ3) is 2.89. The van der Waals surface area contributed by atoms with Gasteiger partial charge < -0.3 is 5.73 Å². The first kappa shape index (κ1) is 13.1. The first-order chi connectivity index (χ1) is 8.60. The Bertz CT molecular complexity index is 570. The van der Waals surface area contributed by atoms with E-state index in [1.807, 2.05) is 25.1 Å². The molecule has 0 saturated carbocycles. The van der Waals surface area contributed by atoms with Crippen molar-refractivity contribution in [2.24, 2.45) is 5.73 Å². The average Bonchev–Trinajstić information content (AvgIpc) is 2.34. The summed E-state index contributed by atoms with van der Waals surface area (Å²) in [5, 5.41) is 0. The molecule has 0 spiro atoms. The van der Waals surface area contributed by atoms with Crippen molar-refractivity contribution in [2.75, 3.05) is 0 Å². The monoisotopic (exact) mass is 265 g/mol. The molecule has 2 aromatic rings. The second-order valence-electron chi connectivity index (χ2n) is 3.97. The molecule has 0 heterocycles. The highest BCUT2D eigenvalue weighted by Gasteiger charge is 2.05. The van der Waals surface area contributed by atoms with Gasteiger partial charge in [-0.15, -0.1) is 0 Å². The van der Waals surface area contributed by atoms with Crippen LogP contribution in [-0.2, 0) is 6.54 Å². The molecule has 2 rings (SSSR count). The summed E-state index contributed by atoms with van der Waals surface area (Å²) in [6.07, 6.45) is 0. The Morgan fingerprint density at radius 3 is 2.28 bits per heavy atom. The Balaban J connectivity index is 2.23. The molecule has 2 aromatic carbocycles. The molecular weight excluding hydrogens is 252 g/mol. The van der Waals surface area contributed by atoms with Crippen LogP contribution in [0.5, 0.6) is 0 Å². The van der Waals surface area contributed by atoms with Crippen molar-refractivity contribution >= 4 is 11.8 Å². The maximum absolute atomic E-state index is 13.1. The molecule has 0 radical (unpaired) electrons. The van der Waals surface area contributed by atoms with Crippen molar-refractivity contribution < 1.29 is 8.78 Å². The predicted molar refractivity (Wildman–Crippen MR) is 69.6 cm³/mol. The van der Waals surface area contributed by atoms with Crippen LogP contribution in [0.15, 0.2) is 46.2 Å². The van der Waals surface area contributed by atoms with E-state index in [0.717, 1.165) is 22.1 Å². The molecule has 0 saturated heterocycles. The van der Waals surface area contributed by atoms with Gasteiger partial charge in [0.1, 0.15) is 0 Å². The van der Waals surface area contributed by atoms with E-state index in [9.17, 15) is 8.78 Å². The Kier molecular flexibility index (Phi) is 3.99. The van der Waals surface area contributed by atoms with Crippen LogP contribution in [0, 0.1) is 18.6 Å². The Morgan fingerprint density at radius 1 is 1.00 bits per heavy atom. The maximum Gasteiger partial charge on any atom is 0.159 e. The Morgan fingerprint density at radius 2 is 1.67 bits per heavy atom. The van der Waals surface area contributed by atoms with Crippen molar-refractivity contribution in [1.82, 2.24) is 0 Å². The zero-order valence-electron chi connectivity index (χ0n) is 9.91. The van der Waals surface area contributed by atoms with E-state index in [2.05, 4.69) is 0 Å². The van der Waals surface area contributed by atoms with E-state index in [4.69, 9.17) is 5.73 Å². The summed E-state index contributed by atoms with van der Waals surface area (Å²) in [4.78, 5) is 1.66. The van der Waals surface area contributed by atoms with E-state index in [-0.39, 0.29) is 0 Å². The van der Waals surface area contributed by atoms with Gasteiger partial charge in [-0.3, -0.25) is 0 Å². The van der Waals surface area contributed by atoms with Gasteiger partial charge in [0, 0.05) is 16.3 Å². The standard InChI is InChI=1S/C14H13F2NS/c1-9-6-11(3-2-10(9)8-17)18-12-4-5-13(15)14(16)7-12/h2-7H,8,17H2,1H3. The first-order valence-corrected chi connectivity index (χ1v) is 6.34. The number of hydrogen-bond acceptors (Lipinski definition) is 2. The molecule has 0 atom stereocenters. The van der Waals surface area contributed by atoms with Crippen LogP contribution in [0.1, 0.15) is 11.1 Å². The van der Waals surface area contributed by atoms with E-state index >= 15 is 0 Å². The summed E-state index contributed by atoms with van der Waals surface area (Å²) in [5.41, 5.74) is 7.78. The number of hydrogen-bond donors (Lipinski definition) is 1. The molecule has 0 aliphatic rings. The highest BCUT2D eigenvalue weighted by atomic mass is 32.2. The van der Waals surface area contributed by atoms with Gasteiger partial charge in [-0.2, -0.15) is 0 Å². The van der Waals surface area contributed by atoms with E-state index in [0.29, 0.717) is 11.4 Å². The minimum absolute atomic E-state index is 0.502. The summed E-state index contributed by atoms with van der Waals surface area (Å²) in [7, 11) is 0. The zero-order valence-corrected chi connectivity index (χ0v) is 10.7. The van der Waals surface area contributed by atoms with Gasteiger partial charge in [0.15, 0.2) is 11.6 Å². The molecule has 4 heteroatoms. The Labute approximate surface area is 109 Å². The lowest BCUT2D eigenvalue weighted by molar-refractivity contribution is 0.506. The molecule has 0 amide bonds. The van der Waals surface area contributed by atoms with Crippen LogP contribution >= 0.6 is 11.8 Å². The van der Waals surface area contributed by atoms with Gasteiger partial charge in [-0.05, 0) is 48.4 Å². The fraction of sp³-hybridized carbons (Fsp3) is 0.143. The molecule has 18 heavy (non-hydrogen) atoms. The highest BCUT2D eigenvalue weighted by Crippen LogP contribution is 2.29. The molecule has 94 valence electrons. The Hall–Kier alpha value is -1.39. The summed E-state index contributed by atoms with van der Waals surface area (Å²) in [6.45, 7) is 2.49. The van der Waals surface area contributed by atoms with Crippen LogP contribution in [0.2, 0.25) is 0 Å². The normalized spacial score (nSPS) is 10.7. The number of halogens is 2. The van der Waals surface area contributed by atoms with Gasteiger partial charge in [-0.25, -0.2) is 8.78 Å². The summed E-state index contributed by atoms with van der Waals surface area (Å²) < 4.78 is 25.9. The molecule has 0 bridgehead atoms. The smallest absolute Gasteiger partial charge is 0.159 e. The molecule has 0 aromatic heterocycles. The maximum atomic E-state index is 13.1. The van der Waals surface area contributed by atoms with Crippen LogP contribution in [0.3, 0.4) is 0 Å². The summed E-state index contributed by atoms with van der Waals surface area (Å²) >= 11 is 1.40. The quantitative estimate of drug-likeness (QED) is 0.911. The minimum Gasteiger partial charge on any atom is -0.326 e. The fourth-order valence-corrected chi connectivity index (χ4v) is 2.58. The van der Waals surface area contributed by atoms with Crippen molar-refractivity contribution in [3.63, 3.8) is 0 Å². The van der Waals surface area contributed by atoms with E-state index in [1.54, 1.807) is 6.07 Å². The van der Waals surface area contributed by atoms with Crippen LogP contribution < -0.4 is 5.73 Å². The molecule has 0 aliphatic heterocycles. The highest BCUT2D eigenvalue weighted by molar-refractivity contribution is 7.99. The van der Waals surface area contributed by atoms with Gasteiger partial charge in [-0.1, -0.05) is 17.8 Å². The molecule has 1 nitrogen and oxygen atoms in total. The van der Waals surface area contributed by atoms with Gasteiger partial charge >= 0.3 is 0 Å². The fourth-order valence-electron chi connectivity index (χ4n) is 1.64. The molecule has 0 aliphatic carbocycles. The van der Waals surface area contributed by atoms with E-state index < -0.39 is 11.6 Å². The molecule has 0 unspecified atom stereocenters. The predicted octanol–water partition coefficient (Wildman–Crippen LogP) is 3.88. The molecule has 0 fully saturated rings. The second kappa shape index (κ2) is 5.50. The number of benzene rings is 2. The number of nitrogens with two attached hydrogens (primary N) is 1. The lowest BCUT2D eigenvalue weighted by atomic mass is 10.1. The van der Waals surface area contributed by atoms with Gasteiger partial charge in [0.05, 0.1) is 0 Å². The van der Waals surface area contributed by atoms with Crippen molar-refractivity contribution in [3.05, 3.63) is 59.2 Å². The average molecular weight is 265 g/mol. The topological polar surface area (TPSA) is 26.0 Å².